The van der Waals surface area contributed by atoms with Gasteiger partial charge in [-0.1, -0.05) is 18.2 Å². The molecule has 0 unspecified atom stereocenters. The average molecular weight is 402 g/mol. The Kier molecular flexibility index (Phi) is 5.82. The van der Waals surface area contributed by atoms with Gasteiger partial charge in [-0.25, -0.2) is 0 Å². The van der Waals surface area contributed by atoms with Crippen molar-refractivity contribution in [3.05, 3.63) is 93.0 Å². The molecule has 0 saturated carbocycles. The van der Waals surface area contributed by atoms with E-state index in [4.69, 9.17) is 19.2 Å². The molecule has 6 heteroatoms. The Morgan fingerprint density at radius 2 is 1.97 bits per heavy atom. The number of ether oxygens (including phenoxy) is 2. The summed E-state index contributed by atoms with van der Waals surface area (Å²) < 4.78 is 16.6. The van der Waals surface area contributed by atoms with E-state index >= 15 is 0 Å². The molecular weight excluding hydrogens is 380 g/mol. The molecule has 0 N–H and O–H groups in total. The maximum absolute atomic E-state index is 12.4. The SMILES string of the molecule is COc1ccc2c(c1)CCN(Cc1cc(=O)c(OCc3ccc(C#N)cc3)co1)C2. The van der Waals surface area contributed by atoms with Gasteiger partial charge in [0.2, 0.25) is 11.2 Å². The minimum atomic E-state index is -0.202. The number of methoxy groups -OCH3 is 1. The van der Waals surface area contributed by atoms with Crippen LogP contribution in [0, 0.1) is 11.3 Å². The van der Waals surface area contributed by atoms with E-state index in [1.807, 2.05) is 6.07 Å². The summed E-state index contributed by atoms with van der Waals surface area (Å²) in [5.41, 5.74) is 3.83. The lowest BCUT2D eigenvalue weighted by atomic mass is 9.99. The minimum absolute atomic E-state index is 0.180. The molecule has 0 amide bonds. The molecule has 0 bridgehead atoms. The number of fused-ring (bicyclic) bond motifs is 1. The van der Waals surface area contributed by atoms with Gasteiger partial charge >= 0.3 is 0 Å². The molecule has 2 heterocycles. The highest BCUT2D eigenvalue weighted by Gasteiger charge is 2.18. The highest BCUT2D eigenvalue weighted by Crippen LogP contribution is 2.24. The lowest BCUT2D eigenvalue weighted by Gasteiger charge is -2.28. The molecule has 30 heavy (non-hydrogen) atoms. The van der Waals surface area contributed by atoms with Gasteiger partial charge in [-0.3, -0.25) is 9.69 Å². The van der Waals surface area contributed by atoms with Crippen LogP contribution < -0.4 is 14.9 Å². The molecular formula is C24H22N2O4. The summed E-state index contributed by atoms with van der Waals surface area (Å²) in [6.45, 7) is 2.50. The fraction of sp³-hybridized carbons (Fsp3) is 0.250. The Labute approximate surface area is 174 Å². The summed E-state index contributed by atoms with van der Waals surface area (Å²) >= 11 is 0. The zero-order valence-corrected chi connectivity index (χ0v) is 16.8. The fourth-order valence-electron chi connectivity index (χ4n) is 3.53. The molecule has 0 atom stereocenters. The topological polar surface area (TPSA) is 75.7 Å². The van der Waals surface area contributed by atoms with Crippen molar-refractivity contribution in [3.8, 4) is 17.6 Å². The normalized spacial score (nSPS) is 13.3. The Hall–Kier alpha value is -3.56. The number of rotatable bonds is 6. The number of nitriles is 1. The quantitative estimate of drug-likeness (QED) is 0.626. The summed E-state index contributed by atoms with van der Waals surface area (Å²) in [7, 11) is 1.68. The van der Waals surface area contributed by atoms with E-state index in [1.54, 1.807) is 31.4 Å². The van der Waals surface area contributed by atoms with Crippen LogP contribution in [0.3, 0.4) is 0 Å². The molecule has 4 rings (SSSR count). The van der Waals surface area contributed by atoms with Gasteiger partial charge in [0.15, 0.2) is 0 Å². The highest BCUT2D eigenvalue weighted by molar-refractivity contribution is 5.37. The van der Waals surface area contributed by atoms with Crippen molar-refractivity contribution >= 4 is 0 Å². The first-order valence-electron chi connectivity index (χ1n) is 9.76. The Morgan fingerprint density at radius 1 is 1.13 bits per heavy atom. The zero-order chi connectivity index (χ0) is 20.9. The van der Waals surface area contributed by atoms with E-state index in [1.165, 1.54) is 23.5 Å². The predicted octanol–water partition coefficient (Wildman–Crippen LogP) is 3.66. The molecule has 0 spiro atoms. The van der Waals surface area contributed by atoms with Crippen molar-refractivity contribution < 1.29 is 13.9 Å². The molecule has 1 aliphatic heterocycles. The van der Waals surface area contributed by atoms with Gasteiger partial charge in [-0.2, -0.15) is 5.26 Å². The van der Waals surface area contributed by atoms with Crippen molar-refractivity contribution in [1.29, 1.82) is 5.26 Å². The van der Waals surface area contributed by atoms with Gasteiger partial charge in [0, 0.05) is 19.2 Å². The highest BCUT2D eigenvalue weighted by atomic mass is 16.5. The lowest BCUT2D eigenvalue weighted by molar-refractivity contribution is 0.219. The molecule has 1 aromatic heterocycles. The molecule has 1 aliphatic rings. The maximum atomic E-state index is 12.4. The van der Waals surface area contributed by atoms with Crippen LogP contribution in [0.4, 0.5) is 0 Å². The van der Waals surface area contributed by atoms with Crippen molar-refractivity contribution in [2.75, 3.05) is 13.7 Å². The number of hydrogen-bond donors (Lipinski definition) is 0. The van der Waals surface area contributed by atoms with E-state index in [0.717, 1.165) is 30.8 Å². The summed E-state index contributed by atoms with van der Waals surface area (Å²) in [6, 6.07) is 16.8. The van der Waals surface area contributed by atoms with Crippen molar-refractivity contribution in [3.63, 3.8) is 0 Å². The second-order valence-corrected chi connectivity index (χ2v) is 7.27. The second-order valence-electron chi connectivity index (χ2n) is 7.27. The first kappa shape index (κ1) is 19.7. The van der Waals surface area contributed by atoms with Gasteiger partial charge in [0.05, 0.1) is 25.3 Å². The van der Waals surface area contributed by atoms with E-state index < -0.39 is 0 Å². The Bertz CT molecular complexity index is 1130. The molecule has 0 saturated heterocycles. The van der Waals surface area contributed by atoms with Crippen LogP contribution in [-0.4, -0.2) is 18.6 Å². The van der Waals surface area contributed by atoms with Crippen LogP contribution >= 0.6 is 0 Å². The third-order valence-corrected chi connectivity index (χ3v) is 5.21. The van der Waals surface area contributed by atoms with Crippen LogP contribution in [0.25, 0.3) is 0 Å². The van der Waals surface area contributed by atoms with Gasteiger partial charge in [-0.15, -0.1) is 0 Å². The van der Waals surface area contributed by atoms with Gasteiger partial charge in [0.1, 0.15) is 24.4 Å². The standard InChI is InChI=1S/C24H22N2O4/c1-28-21-7-6-20-13-26(9-8-19(20)10-21)14-22-11-23(27)24(16-29-22)30-15-18-4-2-17(12-25)3-5-18/h2-7,10-11,16H,8-9,13-15H2,1H3. The van der Waals surface area contributed by atoms with E-state index in [0.29, 0.717) is 17.9 Å². The predicted molar refractivity (Wildman–Crippen MR) is 111 cm³/mol. The van der Waals surface area contributed by atoms with Crippen molar-refractivity contribution in [2.45, 2.75) is 26.1 Å². The Morgan fingerprint density at radius 3 is 2.70 bits per heavy atom. The van der Waals surface area contributed by atoms with Crippen molar-refractivity contribution in [1.82, 2.24) is 4.90 Å². The number of hydrogen-bond acceptors (Lipinski definition) is 6. The monoisotopic (exact) mass is 402 g/mol. The number of benzene rings is 2. The molecule has 2 aromatic carbocycles. The molecule has 6 nitrogen and oxygen atoms in total. The summed E-state index contributed by atoms with van der Waals surface area (Å²) in [4.78, 5) is 14.7. The largest absolute Gasteiger partial charge is 0.497 e. The van der Waals surface area contributed by atoms with Crippen LogP contribution in [0.2, 0.25) is 0 Å². The lowest BCUT2D eigenvalue weighted by Crippen LogP contribution is -2.30. The van der Waals surface area contributed by atoms with Crippen molar-refractivity contribution in [2.24, 2.45) is 0 Å². The summed E-state index contributed by atoms with van der Waals surface area (Å²) in [6.07, 6.45) is 2.31. The second kappa shape index (κ2) is 8.85. The molecule has 152 valence electrons. The summed E-state index contributed by atoms with van der Waals surface area (Å²) in [5.74, 6) is 1.67. The van der Waals surface area contributed by atoms with Gasteiger partial charge in [-0.05, 0) is 47.4 Å². The molecule has 0 aliphatic carbocycles. The first-order valence-corrected chi connectivity index (χ1v) is 9.76. The van der Waals surface area contributed by atoms with E-state index in [-0.39, 0.29) is 17.8 Å². The third-order valence-electron chi connectivity index (χ3n) is 5.21. The average Bonchev–Trinajstić information content (AvgIpc) is 2.78. The number of nitrogens with zero attached hydrogens (tertiary/aromatic N) is 2. The minimum Gasteiger partial charge on any atom is -0.497 e. The van der Waals surface area contributed by atoms with E-state index in [2.05, 4.69) is 23.1 Å². The van der Waals surface area contributed by atoms with Crippen LogP contribution in [0.15, 0.2) is 64.0 Å². The van der Waals surface area contributed by atoms with Crippen LogP contribution in [0.5, 0.6) is 11.5 Å². The molecule has 0 fully saturated rings. The molecule has 0 radical (unpaired) electrons. The smallest absolute Gasteiger partial charge is 0.227 e. The van der Waals surface area contributed by atoms with E-state index in [9.17, 15) is 4.79 Å². The van der Waals surface area contributed by atoms with Crippen LogP contribution in [0.1, 0.15) is 28.0 Å². The first-order chi connectivity index (χ1) is 14.6. The zero-order valence-electron chi connectivity index (χ0n) is 16.8. The summed E-state index contributed by atoms with van der Waals surface area (Å²) in [5, 5.41) is 8.84. The maximum Gasteiger partial charge on any atom is 0.227 e. The van der Waals surface area contributed by atoms with Gasteiger partial charge in [0.25, 0.3) is 0 Å². The Balaban J connectivity index is 1.37. The van der Waals surface area contributed by atoms with Gasteiger partial charge < -0.3 is 13.9 Å². The fourth-order valence-corrected chi connectivity index (χ4v) is 3.53. The van der Waals surface area contributed by atoms with Crippen LogP contribution in [-0.2, 0) is 26.1 Å². The molecule has 3 aromatic rings. The third kappa shape index (κ3) is 4.53.